The van der Waals surface area contributed by atoms with Crippen LogP contribution in [0.2, 0.25) is 0 Å². The molecule has 0 unspecified atom stereocenters. The van der Waals surface area contributed by atoms with E-state index in [2.05, 4.69) is 40.2 Å². The number of hydrogen-bond acceptors (Lipinski definition) is 4. The fraction of sp³-hybridized carbons (Fsp3) is 0.611. The predicted molar refractivity (Wildman–Crippen MR) is 94.7 cm³/mol. The molecule has 2 atom stereocenters. The highest BCUT2D eigenvalue weighted by atomic mass is 32.1. The summed E-state index contributed by atoms with van der Waals surface area (Å²) in [6.07, 6.45) is 4.33. The van der Waals surface area contributed by atoms with Crippen LogP contribution in [0.1, 0.15) is 40.9 Å². The molecule has 126 valence electrons. The number of aliphatic hydroxyl groups is 1. The monoisotopic (exact) mass is 333 g/mol. The van der Waals surface area contributed by atoms with Crippen molar-refractivity contribution in [3.8, 4) is 0 Å². The molecule has 23 heavy (non-hydrogen) atoms. The molecule has 3 rings (SSSR count). The number of β-amino-alcohol motifs (C(OH)–C–C–N with tert-alkyl or cyclic N) is 1. The number of aryl methyl sites for hydroxylation is 2. The summed E-state index contributed by atoms with van der Waals surface area (Å²) >= 11 is 1.93. The van der Waals surface area contributed by atoms with Gasteiger partial charge >= 0.3 is 0 Å². The summed E-state index contributed by atoms with van der Waals surface area (Å²) in [5.74, 6) is 0.289. The Kier molecular flexibility index (Phi) is 5.51. The molecule has 0 bridgehead atoms. The third kappa shape index (κ3) is 4.43. The fourth-order valence-electron chi connectivity index (χ4n) is 3.33. The molecule has 4 nitrogen and oxygen atoms in total. The Morgan fingerprint density at radius 1 is 1.35 bits per heavy atom. The van der Waals surface area contributed by atoms with Crippen molar-refractivity contribution in [2.45, 2.75) is 52.2 Å². The Morgan fingerprint density at radius 3 is 2.91 bits per heavy atom. The first-order valence-electron chi connectivity index (χ1n) is 8.63. The highest BCUT2D eigenvalue weighted by Gasteiger charge is 2.31. The van der Waals surface area contributed by atoms with Gasteiger partial charge in [-0.3, -0.25) is 10.00 Å². The number of thiophene rings is 1. The Hall–Kier alpha value is -1.17. The molecular formula is C18H27N3OS. The Morgan fingerprint density at radius 2 is 2.17 bits per heavy atom. The van der Waals surface area contributed by atoms with Crippen LogP contribution in [0, 0.1) is 12.8 Å². The molecule has 0 aliphatic carbocycles. The Bertz CT molecular complexity index is 621. The molecule has 2 N–H and O–H groups in total. The third-order valence-corrected chi connectivity index (χ3v) is 5.72. The largest absolute Gasteiger partial charge is 0.391 e. The molecule has 3 heterocycles. The maximum Gasteiger partial charge on any atom is 0.0711 e. The Balaban J connectivity index is 1.52. The number of unbranched alkanes of at least 4 members (excludes halogenated alkanes) is 1. The SMILES string of the molecule is CCCCc1ccc(CN2C[C@@H](Cc3cc(C)[nH]n3)[C@H](O)C2)s1. The normalized spacial score (nSPS) is 22.0. The molecule has 1 aliphatic heterocycles. The van der Waals surface area contributed by atoms with Crippen LogP contribution in [0.5, 0.6) is 0 Å². The number of rotatable bonds is 7. The van der Waals surface area contributed by atoms with Gasteiger partial charge in [0.15, 0.2) is 0 Å². The van der Waals surface area contributed by atoms with Crippen LogP contribution < -0.4 is 0 Å². The summed E-state index contributed by atoms with van der Waals surface area (Å²) in [7, 11) is 0. The van der Waals surface area contributed by atoms with E-state index in [9.17, 15) is 5.11 Å². The molecule has 1 fully saturated rings. The molecular weight excluding hydrogens is 306 g/mol. The lowest BCUT2D eigenvalue weighted by Crippen LogP contribution is -2.20. The minimum Gasteiger partial charge on any atom is -0.391 e. The van der Waals surface area contributed by atoms with E-state index in [1.54, 1.807) is 0 Å². The number of nitrogens with zero attached hydrogens (tertiary/aromatic N) is 2. The molecule has 1 saturated heterocycles. The summed E-state index contributed by atoms with van der Waals surface area (Å²) in [6, 6.07) is 6.60. The van der Waals surface area contributed by atoms with E-state index in [0.29, 0.717) is 0 Å². The van der Waals surface area contributed by atoms with Crippen molar-refractivity contribution in [3.63, 3.8) is 0 Å². The maximum atomic E-state index is 10.4. The van der Waals surface area contributed by atoms with E-state index < -0.39 is 0 Å². The summed E-state index contributed by atoms with van der Waals surface area (Å²) in [5, 5.41) is 17.6. The first-order valence-corrected chi connectivity index (χ1v) is 9.44. The van der Waals surface area contributed by atoms with Crippen LogP contribution in [0.4, 0.5) is 0 Å². The van der Waals surface area contributed by atoms with Gasteiger partial charge in [-0.25, -0.2) is 0 Å². The summed E-state index contributed by atoms with van der Waals surface area (Å²) in [5.41, 5.74) is 2.15. The second kappa shape index (κ2) is 7.60. The van der Waals surface area contributed by atoms with Gasteiger partial charge in [-0.05, 0) is 44.4 Å². The van der Waals surface area contributed by atoms with Crippen molar-refractivity contribution >= 4 is 11.3 Å². The van der Waals surface area contributed by atoms with Crippen molar-refractivity contribution in [3.05, 3.63) is 39.3 Å². The first kappa shape index (κ1) is 16.7. The van der Waals surface area contributed by atoms with Gasteiger partial charge in [-0.2, -0.15) is 5.10 Å². The van der Waals surface area contributed by atoms with E-state index in [0.717, 1.165) is 37.4 Å². The molecule has 0 amide bonds. The van der Waals surface area contributed by atoms with Crippen molar-refractivity contribution in [1.82, 2.24) is 15.1 Å². The van der Waals surface area contributed by atoms with Crippen LogP contribution in [0.15, 0.2) is 18.2 Å². The number of nitrogens with one attached hydrogen (secondary N) is 1. The summed E-state index contributed by atoms with van der Waals surface area (Å²) in [6.45, 7) is 6.94. The lowest BCUT2D eigenvalue weighted by molar-refractivity contribution is 0.140. The molecule has 0 saturated carbocycles. The van der Waals surface area contributed by atoms with Crippen LogP contribution in [0.3, 0.4) is 0 Å². The minimum atomic E-state index is -0.244. The average Bonchev–Trinajstić information content (AvgIpc) is 3.21. The third-order valence-electron chi connectivity index (χ3n) is 4.59. The zero-order valence-electron chi connectivity index (χ0n) is 14.1. The quantitative estimate of drug-likeness (QED) is 0.818. The van der Waals surface area contributed by atoms with Crippen LogP contribution in [0.25, 0.3) is 0 Å². The molecule has 2 aromatic rings. The highest BCUT2D eigenvalue weighted by Crippen LogP contribution is 2.26. The second-order valence-electron chi connectivity index (χ2n) is 6.74. The van der Waals surface area contributed by atoms with Gasteiger partial charge in [-0.1, -0.05) is 13.3 Å². The number of aromatic nitrogens is 2. The molecule has 0 spiro atoms. The van der Waals surface area contributed by atoms with Crippen LogP contribution in [-0.4, -0.2) is 39.4 Å². The van der Waals surface area contributed by atoms with Gasteiger partial charge in [0.05, 0.1) is 11.8 Å². The topological polar surface area (TPSA) is 52.2 Å². The molecule has 2 aromatic heterocycles. The number of aromatic amines is 1. The smallest absolute Gasteiger partial charge is 0.0711 e. The molecule has 5 heteroatoms. The predicted octanol–water partition coefficient (Wildman–Crippen LogP) is 3.16. The molecule has 0 radical (unpaired) electrons. The number of likely N-dealkylation sites (tertiary alicyclic amines) is 1. The van der Waals surface area contributed by atoms with Crippen molar-refractivity contribution < 1.29 is 5.11 Å². The zero-order chi connectivity index (χ0) is 16.2. The van der Waals surface area contributed by atoms with E-state index >= 15 is 0 Å². The highest BCUT2D eigenvalue weighted by molar-refractivity contribution is 7.11. The van der Waals surface area contributed by atoms with Crippen LogP contribution >= 0.6 is 11.3 Å². The minimum absolute atomic E-state index is 0.244. The number of aliphatic hydroxyl groups excluding tert-OH is 1. The van der Waals surface area contributed by atoms with Gasteiger partial charge in [0.2, 0.25) is 0 Å². The zero-order valence-corrected chi connectivity index (χ0v) is 14.9. The van der Waals surface area contributed by atoms with E-state index in [1.165, 1.54) is 29.0 Å². The summed E-state index contributed by atoms with van der Waals surface area (Å²) in [4.78, 5) is 5.29. The van der Waals surface area contributed by atoms with Gasteiger partial charge < -0.3 is 5.11 Å². The molecule has 1 aliphatic rings. The maximum absolute atomic E-state index is 10.4. The fourth-order valence-corrected chi connectivity index (χ4v) is 4.43. The molecule has 0 aromatic carbocycles. The van der Waals surface area contributed by atoms with Crippen molar-refractivity contribution in [2.24, 2.45) is 5.92 Å². The van der Waals surface area contributed by atoms with Gasteiger partial charge in [-0.15, -0.1) is 11.3 Å². The van der Waals surface area contributed by atoms with Gasteiger partial charge in [0.1, 0.15) is 0 Å². The van der Waals surface area contributed by atoms with E-state index in [4.69, 9.17) is 0 Å². The Labute approximate surface area is 142 Å². The number of hydrogen-bond donors (Lipinski definition) is 2. The average molecular weight is 334 g/mol. The van der Waals surface area contributed by atoms with E-state index in [-0.39, 0.29) is 12.0 Å². The van der Waals surface area contributed by atoms with E-state index in [1.807, 2.05) is 18.3 Å². The van der Waals surface area contributed by atoms with Crippen LogP contribution in [-0.2, 0) is 19.4 Å². The first-order chi connectivity index (χ1) is 11.1. The van der Waals surface area contributed by atoms with Crippen molar-refractivity contribution in [1.29, 1.82) is 0 Å². The lowest BCUT2D eigenvalue weighted by atomic mass is 10.0. The standard InChI is InChI=1S/C18H27N3OS/c1-3-4-5-16-6-7-17(23-16)11-21-10-14(18(22)12-21)9-15-8-13(2)19-20-15/h6-8,14,18,22H,3-5,9-12H2,1-2H3,(H,19,20)/t14-,18-/m1/s1. The number of H-pyrrole nitrogens is 1. The van der Waals surface area contributed by atoms with Gasteiger partial charge in [0, 0.05) is 41.0 Å². The van der Waals surface area contributed by atoms with Crippen molar-refractivity contribution in [2.75, 3.05) is 13.1 Å². The summed E-state index contributed by atoms with van der Waals surface area (Å²) < 4.78 is 0. The van der Waals surface area contributed by atoms with Gasteiger partial charge in [0.25, 0.3) is 0 Å². The lowest BCUT2D eigenvalue weighted by Gasteiger charge is -2.14. The second-order valence-corrected chi connectivity index (χ2v) is 7.99.